The van der Waals surface area contributed by atoms with Crippen LogP contribution in [0.3, 0.4) is 0 Å². The van der Waals surface area contributed by atoms with Crippen LogP contribution in [0.1, 0.15) is 23.0 Å². The number of nitrogens with zero attached hydrogens (tertiary/aromatic N) is 2. The Kier molecular flexibility index (Phi) is 3.79. The third-order valence-corrected chi connectivity index (χ3v) is 2.52. The van der Waals surface area contributed by atoms with E-state index in [0.29, 0.717) is 6.54 Å². The Morgan fingerprint density at radius 2 is 2.11 bits per heavy atom. The number of hydrogen-bond donors (Lipinski definition) is 1. The number of benzene rings is 1. The Bertz CT molecular complexity index is 578. The summed E-state index contributed by atoms with van der Waals surface area (Å²) >= 11 is 0. The molecule has 19 heavy (non-hydrogen) atoms. The first-order valence-corrected chi connectivity index (χ1v) is 5.84. The van der Waals surface area contributed by atoms with E-state index in [2.05, 4.69) is 5.10 Å². The summed E-state index contributed by atoms with van der Waals surface area (Å²) in [6.07, 6.45) is 1.55. The lowest BCUT2D eigenvalue weighted by molar-refractivity contribution is 0.0519. The molecule has 5 nitrogen and oxygen atoms in total. The van der Waals surface area contributed by atoms with Gasteiger partial charge in [0.15, 0.2) is 5.69 Å². The first-order chi connectivity index (χ1) is 9.10. The molecule has 0 aliphatic rings. The number of nitrogens with two attached hydrogens (primary N) is 1. The van der Waals surface area contributed by atoms with E-state index in [1.165, 1.54) is 16.8 Å². The van der Waals surface area contributed by atoms with Crippen LogP contribution in [0.2, 0.25) is 0 Å². The lowest BCUT2D eigenvalue weighted by Gasteiger charge is -2.01. The second-order valence-electron chi connectivity index (χ2n) is 3.98. The predicted molar refractivity (Wildman–Crippen MR) is 68.1 cm³/mol. The Labute approximate surface area is 109 Å². The first-order valence-electron chi connectivity index (χ1n) is 5.84. The number of rotatable bonds is 4. The van der Waals surface area contributed by atoms with Gasteiger partial charge in [0.05, 0.1) is 18.8 Å². The fourth-order valence-corrected chi connectivity index (χ4v) is 1.65. The maximum atomic E-state index is 12.8. The molecule has 0 spiro atoms. The third-order valence-electron chi connectivity index (χ3n) is 2.52. The minimum absolute atomic E-state index is 0.101. The smallest absolute Gasteiger partial charge is 0.361 e. The average Bonchev–Trinajstić information content (AvgIpc) is 2.74. The highest BCUT2D eigenvalue weighted by atomic mass is 19.1. The monoisotopic (exact) mass is 263 g/mol. The zero-order chi connectivity index (χ0) is 13.8. The van der Waals surface area contributed by atoms with Crippen molar-refractivity contribution >= 4 is 11.7 Å². The summed E-state index contributed by atoms with van der Waals surface area (Å²) in [4.78, 5) is 11.5. The van der Waals surface area contributed by atoms with Crippen molar-refractivity contribution in [1.82, 2.24) is 9.78 Å². The molecule has 0 aliphatic carbocycles. The number of hydrogen-bond acceptors (Lipinski definition) is 4. The minimum Gasteiger partial charge on any atom is -0.461 e. The number of carbonyl (C=O) groups excluding carboxylic acids is 1. The van der Waals surface area contributed by atoms with Crippen LogP contribution in [-0.2, 0) is 11.3 Å². The van der Waals surface area contributed by atoms with Gasteiger partial charge in [0.25, 0.3) is 0 Å². The molecule has 1 heterocycles. The molecule has 0 unspecified atom stereocenters. The Hall–Kier alpha value is -2.37. The molecule has 2 rings (SSSR count). The van der Waals surface area contributed by atoms with E-state index >= 15 is 0 Å². The molecule has 2 N–H and O–H groups in total. The van der Waals surface area contributed by atoms with E-state index in [4.69, 9.17) is 10.5 Å². The second kappa shape index (κ2) is 5.51. The molecule has 0 bridgehead atoms. The number of aromatic nitrogens is 2. The molecule has 0 amide bonds. The van der Waals surface area contributed by atoms with Gasteiger partial charge in [-0.1, -0.05) is 12.1 Å². The molecular weight excluding hydrogens is 249 g/mol. The zero-order valence-electron chi connectivity index (χ0n) is 10.5. The van der Waals surface area contributed by atoms with Crippen LogP contribution < -0.4 is 5.73 Å². The first kappa shape index (κ1) is 13.1. The highest BCUT2D eigenvalue weighted by Crippen LogP contribution is 2.12. The van der Waals surface area contributed by atoms with Crippen LogP contribution in [0.5, 0.6) is 0 Å². The fraction of sp³-hybridized carbons (Fsp3) is 0.231. The van der Waals surface area contributed by atoms with Gasteiger partial charge in [-0.25, -0.2) is 9.18 Å². The van der Waals surface area contributed by atoms with Crippen molar-refractivity contribution in [3.8, 4) is 0 Å². The van der Waals surface area contributed by atoms with Crippen molar-refractivity contribution < 1.29 is 13.9 Å². The van der Waals surface area contributed by atoms with Crippen LogP contribution in [0.15, 0.2) is 30.5 Å². The quantitative estimate of drug-likeness (QED) is 0.854. The maximum Gasteiger partial charge on any atom is 0.361 e. The molecule has 2 aromatic rings. The second-order valence-corrected chi connectivity index (χ2v) is 3.98. The van der Waals surface area contributed by atoms with Gasteiger partial charge in [0.2, 0.25) is 0 Å². The summed E-state index contributed by atoms with van der Waals surface area (Å²) < 4.78 is 19.1. The summed E-state index contributed by atoms with van der Waals surface area (Å²) in [6, 6.07) is 6.04. The number of esters is 1. The van der Waals surface area contributed by atoms with Gasteiger partial charge < -0.3 is 10.5 Å². The molecular formula is C13H14FN3O2. The van der Waals surface area contributed by atoms with E-state index in [-0.39, 0.29) is 23.8 Å². The summed E-state index contributed by atoms with van der Waals surface area (Å²) in [5.41, 5.74) is 6.93. The largest absolute Gasteiger partial charge is 0.461 e. The fourth-order valence-electron chi connectivity index (χ4n) is 1.65. The van der Waals surface area contributed by atoms with Crippen LogP contribution in [0.4, 0.5) is 10.1 Å². The van der Waals surface area contributed by atoms with Crippen molar-refractivity contribution in [1.29, 1.82) is 0 Å². The molecule has 0 saturated heterocycles. The molecule has 100 valence electrons. The maximum absolute atomic E-state index is 12.8. The predicted octanol–water partition coefficient (Wildman–Crippen LogP) is 1.83. The van der Waals surface area contributed by atoms with Gasteiger partial charge in [-0.05, 0) is 24.6 Å². The average molecular weight is 263 g/mol. The van der Waals surface area contributed by atoms with Gasteiger partial charge >= 0.3 is 5.97 Å². The molecule has 0 atom stereocenters. The van der Waals surface area contributed by atoms with E-state index in [1.54, 1.807) is 25.3 Å². The number of nitrogen functional groups attached to an aromatic ring is 1. The Morgan fingerprint density at radius 1 is 1.42 bits per heavy atom. The van der Waals surface area contributed by atoms with Crippen LogP contribution in [0, 0.1) is 5.82 Å². The molecule has 0 saturated carbocycles. The van der Waals surface area contributed by atoms with Gasteiger partial charge in [0, 0.05) is 6.20 Å². The van der Waals surface area contributed by atoms with Gasteiger partial charge in [-0.15, -0.1) is 0 Å². The van der Waals surface area contributed by atoms with Gasteiger partial charge in [-0.2, -0.15) is 5.10 Å². The van der Waals surface area contributed by atoms with Crippen molar-refractivity contribution in [2.45, 2.75) is 13.5 Å². The number of carbonyl (C=O) groups is 1. The summed E-state index contributed by atoms with van der Waals surface area (Å²) in [5, 5.41) is 4.07. The van der Waals surface area contributed by atoms with Crippen LogP contribution in [-0.4, -0.2) is 22.4 Å². The molecule has 6 heteroatoms. The van der Waals surface area contributed by atoms with Gasteiger partial charge in [-0.3, -0.25) is 4.68 Å². The van der Waals surface area contributed by atoms with Crippen molar-refractivity contribution in [3.63, 3.8) is 0 Å². The highest BCUT2D eigenvalue weighted by molar-refractivity contribution is 5.92. The Morgan fingerprint density at radius 3 is 2.74 bits per heavy atom. The number of halogens is 1. The summed E-state index contributed by atoms with van der Waals surface area (Å²) in [5.74, 6) is -0.839. The third kappa shape index (κ3) is 3.09. The molecule has 0 radical (unpaired) electrons. The lowest BCUT2D eigenvalue weighted by atomic mass is 10.2. The van der Waals surface area contributed by atoms with Crippen molar-refractivity contribution in [3.05, 3.63) is 47.5 Å². The highest BCUT2D eigenvalue weighted by Gasteiger charge is 2.15. The van der Waals surface area contributed by atoms with E-state index in [9.17, 15) is 9.18 Å². The van der Waals surface area contributed by atoms with E-state index in [1.807, 2.05) is 0 Å². The van der Waals surface area contributed by atoms with E-state index in [0.717, 1.165) is 5.56 Å². The normalized spacial score (nSPS) is 10.4. The lowest BCUT2D eigenvalue weighted by Crippen LogP contribution is -2.09. The summed E-state index contributed by atoms with van der Waals surface area (Å²) in [6.45, 7) is 2.39. The standard InChI is InChI=1S/C13H14FN3O2/c1-2-19-13(18)12-11(15)8-17(16-12)7-9-3-5-10(14)6-4-9/h3-6,8H,2,7,15H2,1H3. The Balaban J connectivity index is 2.16. The van der Waals surface area contributed by atoms with Crippen LogP contribution in [0.25, 0.3) is 0 Å². The molecule has 1 aromatic carbocycles. The molecule has 0 aliphatic heterocycles. The molecule has 1 aromatic heterocycles. The van der Waals surface area contributed by atoms with Crippen molar-refractivity contribution in [2.75, 3.05) is 12.3 Å². The van der Waals surface area contributed by atoms with Crippen molar-refractivity contribution in [2.24, 2.45) is 0 Å². The summed E-state index contributed by atoms with van der Waals surface area (Å²) in [7, 11) is 0. The van der Waals surface area contributed by atoms with Crippen LogP contribution >= 0.6 is 0 Å². The minimum atomic E-state index is -0.544. The SMILES string of the molecule is CCOC(=O)c1nn(Cc2ccc(F)cc2)cc1N. The number of anilines is 1. The molecule has 0 fully saturated rings. The van der Waals surface area contributed by atoms with E-state index < -0.39 is 5.97 Å². The number of ether oxygens (including phenoxy) is 1. The zero-order valence-corrected chi connectivity index (χ0v) is 10.5. The van der Waals surface area contributed by atoms with Gasteiger partial charge in [0.1, 0.15) is 5.82 Å². The topological polar surface area (TPSA) is 70.1 Å².